The van der Waals surface area contributed by atoms with Gasteiger partial charge in [-0.3, -0.25) is 4.79 Å². The van der Waals surface area contributed by atoms with E-state index in [1.54, 1.807) is 23.9 Å². The molecule has 32 heavy (non-hydrogen) atoms. The van der Waals surface area contributed by atoms with Crippen molar-refractivity contribution in [2.75, 3.05) is 5.32 Å². The van der Waals surface area contributed by atoms with Crippen LogP contribution in [0.15, 0.2) is 36.8 Å². The van der Waals surface area contributed by atoms with Crippen LogP contribution in [0, 0.1) is 0 Å². The number of nitrogens with zero attached hydrogens (tertiary/aromatic N) is 4. The SMILES string of the molecule is CC(=O)NCc1cnc2c(c1)ncn2Cc1ccc2nc(N[C@@H]3CCCC[C@H]3O)sc2c1. The Labute approximate surface area is 189 Å². The van der Waals surface area contributed by atoms with Gasteiger partial charge in [-0.25, -0.2) is 15.0 Å². The van der Waals surface area contributed by atoms with Gasteiger partial charge in [-0.2, -0.15) is 0 Å². The number of aromatic nitrogens is 4. The largest absolute Gasteiger partial charge is 0.391 e. The van der Waals surface area contributed by atoms with Gasteiger partial charge >= 0.3 is 0 Å². The van der Waals surface area contributed by atoms with Crippen LogP contribution in [0.2, 0.25) is 0 Å². The zero-order valence-corrected chi connectivity index (χ0v) is 18.7. The molecule has 3 heterocycles. The summed E-state index contributed by atoms with van der Waals surface area (Å²) in [6.45, 7) is 2.60. The molecule has 3 aromatic heterocycles. The zero-order valence-electron chi connectivity index (χ0n) is 17.9. The zero-order chi connectivity index (χ0) is 22.1. The van der Waals surface area contributed by atoms with Crippen LogP contribution in [0.25, 0.3) is 21.4 Å². The van der Waals surface area contributed by atoms with Gasteiger partial charge in [-0.15, -0.1) is 0 Å². The monoisotopic (exact) mass is 450 g/mol. The van der Waals surface area contributed by atoms with Crippen LogP contribution >= 0.6 is 11.3 Å². The van der Waals surface area contributed by atoms with Crippen molar-refractivity contribution in [3.8, 4) is 0 Å². The second-order valence-corrected chi connectivity index (χ2v) is 9.42. The molecule has 0 spiro atoms. The maximum absolute atomic E-state index is 11.1. The van der Waals surface area contributed by atoms with Gasteiger partial charge in [0, 0.05) is 19.7 Å². The topological polar surface area (TPSA) is 105 Å². The first-order valence-electron chi connectivity index (χ1n) is 10.9. The number of nitrogens with one attached hydrogen (secondary N) is 2. The Balaban J connectivity index is 1.32. The van der Waals surface area contributed by atoms with Gasteiger partial charge < -0.3 is 20.3 Å². The van der Waals surface area contributed by atoms with Crippen LogP contribution in [0.4, 0.5) is 5.13 Å². The lowest BCUT2D eigenvalue weighted by atomic mass is 9.93. The fourth-order valence-electron chi connectivity index (χ4n) is 4.19. The van der Waals surface area contributed by atoms with E-state index in [0.29, 0.717) is 13.1 Å². The van der Waals surface area contributed by atoms with Gasteiger partial charge in [0.1, 0.15) is 5.52 Å². The number of rotatable bonds is 6. The molecule has 0 aliphatic heterocycles. The highest BCUT2D eigenvalue weighted by Crippen LogP contribution is 2.30. The molecule has 1 aliphatic carbocycles. The first-order chi connectivity index (χ1) is 15.5. The van der Waals surface area contributed by atoms with E-state index in [4.69, 9.17) is 4.98 Å². The van der Waals surface area contributed by atoms with Crippen molar-refractivity contribution in [3.05, 3.63) is 47.9 Å². The Hall–Kier alpha value is -3.04. The molecule has 1 saturated carbocycles. The van der Waals surface area contributed by atoms with E-state index in [-0.39, 0.29) is 18.1 Å². The Morgan fingerprint density at radius 2 is 2.06 bits per heavy atom. The van der Waals surface area contributed by atoms with Crippen LogP contribution in [0.5, 0.6) is 0 Å². The number of pyridine rings is 1. The molecule has 1 amide bonds. The quantitative estimate of drug-likeness (QED) is 0.416. The molecule has 0 saturated heterocycles. The van der Waals surface area contributed by atoms with Crippen molar-refractivity contribution < 1.29 is 9.90 Å². The third kappa shape index (κ3) is 4.44. The van der Waals surface area contributed by atoms with E-state index < -0.39 is 0 Å². The van der Waals surface area contributed by atoms with E-state index in [2.05, 4.69) is 32.7 Å². The Kier molecular flexibility index (Phi) is 5.75. The molecule has 5 rings (SSSR count). The average molecular weight is 451 g/mol. The van der Waals surface area contributed by atoms with Crippen molar-refractivity contribution in [1.82, 2.24) is 24.8 Å². The third-order valence-corrected chi connectivity index (χ3v) is 6.85. The molecule has 166 valence electrons. The van der Waals surface area contributed by atoms with Crippen molar-refractivity contribution in [2.45, 2.75) is 57.8 Å². The number of aliphatic hydroxyl groups excluding tert-OH is 1. The van der Waals surface area contributed by atoms with Gasteiger partial charge in [0.2, 0.25) is 5.91 Å². The maximum atomic E-state index is 11.1. The van der Waals surface area contributed by atoms with Crippen molar-refractivity contribution in [3.63, 3.8) is 0 Å². The maximum Gasteiger partial charge on any atom is 0.217 e. The summed E-state index contributed by atoms with van der Waals surface area (Å²) in [5, 5.41) is 17.3. The number of carbonyl (C=O) groups excluding carboxylic acids is 1. The summed E-state index contributed by atoms with van der Waals surface area (Å²) in [6.07, 6.45) is 7.35. The molecule has 0 radical (unpaired) electrons. The molecule has 3 N–H and O–H groups in total. The molecule has 1 fully saturated rings. The highest BCUT2D eigenvalue weighted by molar-refractivity contribution is 7.22. The third-order valence-electron chi connectivity index (χ3n) is 5.90. The Morgan fingerprint density at radius 3 is 2.91 bits per heavy atom. The highest BCUT2D eigenvalue weighted by atomic mass is 32.1. The highest BCUT2D eigenvalue weighted by Gasteiger charge is 2.23. The van der Waals surface area contributed by atoms with E-state index >= 15 is 0 Å². The first kappa shape index (κ1) is 20.8. The predicted octanol–water partition coefficient (Wildman–Crippen LogP) is 3.44. The first-order valence-corrected chi connectivity index (χ1v) is 11.7. The molecular formula is C23H26N6O2S. The van der Waals surface area contributed by atoms with Crippen LogP contribution in [0.3, 0.4) is 0 Å². The summed E-state index contributed by atoms with van der Waals surface area (Å²) < 4.78 is 3.14. The van der Waals surface area contributed by atoms with Crippen LogP contribution in [0.1, 0.15) is 43.7 Å². The summed E-state index contributed by atoms with van der Waals surface area (Å²) in [5.74, 6) is -0.0673. The lowest BCUT2D eigenvalue weighted by Crippen LogP contribution is -2.36. The molecule has 1 aliphatic rings. The second-order valence-electron chi connectivity index (χ2n) is 8.39. The summed E-state index contributed by atoms with van der Waals surface area (Å²) in [4.78, 5) is 24.9. The standard InChI is InChI=1S/C23H26N6O2S/c1-14(30)24-10-16-8-19-22(25-11-16)29(13-26-19)12-15-6-7-18-21(9-15)32-23(28-18)27-17-4-2-3-5-20(17)31/h6-9,11,13,17,20,31H,2-5,10,12H2,1H3,(H,24,30)(H,27,28)/t17-,20-/m1/s1. The van der Waals surface area contributed by atoms with E-state index in [1.807, 2.05) is 16.7 Å². The number of imidazole rings is 1. The minimum Gasteiger partial charge on any atom is -0.391 e. The molecular weight excluding hydrogens is 424 g/mol. The van der Waals surface area contributed by atoms with Gasteiger partial charge in [-0.1, -0.05) is 30.2 Å². The van der Waals surface area contributed by atoms with Gasteiger partial charge in [0.05, 0.1) is 35.2 Å². The molecule has 0 unspecified atom stereocenters. The van der Waals surface area contributed by atoms with Crippen LogP contribution in [-0.4, -0.2) is 42.7 Å². The van der Waals surface area contributed by atoms with Crippen LogP contribution < -0.4 is 10.6 Å². The number of thiazole rings is 1. The number of hydrogen-bond donors (Lipinski definition) is 3. The smallest absolute Gasteiger partial charge is 0.217 e. The lowest BCUT2D eigenvalue weighted by Gasteiger charge is -2.27. The molecule has 1 aromatic carbocycles. The number of fused-ring (bicyclic) bond motifs is 2. The van der Waals surface area contributed by atoms with Gasteiger partial charge in [0.25, 0.3) is 0 Å². The number of benzene rings is 1. The van der Waals surface area contributed by atoms with E-state index in [1.165, 1.54) is 6.92 Å². The van der Waals surface area contributed by atoms with Gasteiger partial charge in [0.15, 0.2) is 10.8 Å². The van der Waals surface area contributed by atoms with Gasteiger partial charge in [-0.05, 0) is 42.2 Å². The predicted molar refractivity (Wildman–Crippen MR) is 126 cm³/mol. The normalized spacial score (nSPS) is 18.8. The molecule has 0 bridgehead atoms. The lowest BCUT2D eigenvalue weighted by molar-refractivity contribution is -0.119. The fraction of sp³-hybridized carbons (Fsp3) is 0.391. The summed E-state index contributed by atoms with van der Waals surface area (Å²) >= 11 is 1.62. The molecule has 2 atom stereocenters. The summed E-state index contributed by atoms with van der Waals surface area (Å²) in [5.41, 5.74) is 4.66. The Bertz CT molecular complexity index is 1270. The minimum absolute atomic E-state index is 0.0673. The van der Waals surface area contributed by atoms with Crippen molar-refractivity contribution >= 4 is 43.8 Å². The molecule has 8 nitrogen and oxygen atoms in total. The molecule has 4 aromatic rings. The van der Waals surface area contributed by atoms with Crippen molar-refractivity contribution in [2.24, 2.45) is 0 Å². The number of hydrogen-bond acceptors (Lipinski definition) is 7. The second kappa shape index (κ2) is 8.84. The fourth-order valence-corrected chi connectivity index (χ4v) is 5.18. The van der Waals surface area contributed by atoms with Crippen molar-refractivity contribution in [1.29, 1.82) is 0 Å². The van der Waals surface area contributed by atoms with E-state index in [0.717, 1.165) is 63.3 Å². The van der Waals surface area contributed by atoms with E-state index in [9.17, 15) is 9.90 Å². The summed E-state index contributed by atoms with van der Waals surface area (Å²) in [6, 6.07) is 8.33. The minimum atomic E-state index is -0.299. The number of aliphatic hydroxyl groups is 1. The number of carbonyl (C=O) groups is 1. The summed E-state index contributed by atoms with van der Waals surface area (Å²) in [7, 11) is 0. The average Bonchev–Trinajstić information content (AvgIpc) is 3.37. The molecule has 9 heteroatoms. The number of anilines is 1. The number of amides is 1. The van der Waals surface area contributed by atoms with Crippen LogP contribution in [-0.2, 0) is 17.9 Å². The Morgan fingerprint density at radius 1 is 1.19 bits per heavy atom.